The third-order valence-electron chi connectivity index (χ3n) is 4.05. The van der Waals surface area contributed by atoms with Gasteiger partial charge < -0.3 is 19.9 Å². The Morgan fingerprint density at radius 1 is 1.39 bits per heavy atom. The number of hydrogen-bond donors (Lipinski definition) is 2. The largest absolute Gasteiger partial charge is 0.497 e. The van der Waals surface area contributed by atoms with Crippen molar-refractivity contribution in [2.24, 2.45) is 5.92 Å². The quantitative estimate of drug-likeness (QED) is 0.797. The number of methoxy groups -OCH3 is 1. The summed E-state index contributed by atoms with van der Waals surface area (Å²) in [5.41, 5.74) is 1.01. The van der Waals surface area contributed by atoms with Crippen molar-refractivity contribution in [1.29, 1.82) is 0 Å². The minimum absolute atomic E-state index is 0.161. The molecule has 0 aliphatic carbocycles. The Balaban J connectivity index is 1.84. The van der Waals surface area contributed by atoms with Crippen LogP contribution in [-0.4, -0.2) is 43.3 Å². The Bertz CT molecular complexity index is 522. The van der Waals surface area contributed by atoms with Crippen molar-refractivity contribution in [3.05, 3.63) is 29.8 Å². The van der Waals surface area contributed by atoms with Crippen LogP contribution in [0.2, 0.25) is 0 Å². The summed E-state index contributed by atoms with van der Waals surface area (Å²) in [5.74, 6) is -0.648. The number of carboxylic acid groups (broad SMARTS) is 1. The molecule has 0 aromatic heterocycles. The molecule has 1 fully saturated rings. The van der Waals surface area contributed by atoms with E-state index in [9.17, 15) is 14.7 Å². The van der Waals surface area contributed by atoms with E-state index >= 15 is 0 Å². The van der Waals surface area contributed by atoms with Gasteiger partial charge in [0.1, 0.15) is 11.8 Å². The molecule has 1 saturated heterocycles. The Hall–Kier alpha value is -2.08. The summed E-state index contributed by atoms with van der Waals surface area (Å²) < 4.78 is 10.4. The topological polar surface area (TPSA) is 84.9 Å². The molecule has 0 radical (unpaired) electrons. The highest BCUT2D eigenvalue weighted by Gasteiger charge is 2.31. The minimum Gasteiger partial charge on any atom is -0.497 e. The average molecular weight is 321 g/mol. The van der Waals surface area contributed by atoms with Crippen molar-refractivity contribution in [3.63, 3.8) is 0 Å². The zero-order valence-electron chi connectivity index (χ0n) is 13.3. The monoisotopic (exact) mass is 321 g/mol. The van der Waals surface area contributed by atoms with Crippen LogP contribution >= 0.6 is 0 Å². The van der Waals surface area contributed by atoms with Crippen LogP contribution in [0.15, 0.2) is 24.3 Å². The van der Waals surface area contributed by atoms with Gasteiger partial charge in [0, 0.05) is 18.9 Å². The van der Waals surface area contributed by atoms with E-state index in [1.165, 1.54) is 0 Å². The molecule has 126 valence electrons. The van der Waals surface area contributed by atoms with Gasteiger partial charge in [-0.05, 0) is 37.0 Å². The number of aliphatic carboxylic acids is 1. The van der Waals surface area contributed by atoms with Gasteiger partial charge in [-0.15, -0.1) is 0 Å². The van der Waals surface area contributed by atoms with E-state index in [1.807, 2.05) is 24.3 Å². The standard InChI is InChI=1S/C17H23NO5/c1-22-14-7-4-12(5-8-14)6-9-15(19)18-16(17(20)21)13-3-2-10-23-11-13/h4-5,7-8,13,16H,2-3,6,9-11H2,1H3,(H,18,19)(H,20,21). The zero-order valence-corrected chi connectivity index (χ0v) is 13.3. The Morgan fingerprint density at radius 2 is 2.13 bits per heavy atom. The SMILES string of the molecule is COc1ccc(CCC(=O)NC(C(=O)O)C2CCCOC2)cc1. The van der Waals surface area contributed by atoms with Crippen LogP contribution in [0.3, 0.4) is 0 Å². The zero-order chi connectivity index (χ0) is 16.7. The smallest absolute Gasteiger partial charge is 0.326 e. The van der Waals surface area contributed by atoms with Crippen LogP contribution in [0.1, 0.15) is 24.8 Å². The number of hydrogen-bond acceptors (Lipinski definition) is 4. The molecule has 1 amide bonds. The summed E-state index contributed by atoms with van der Waals surface area (Å²) in [5, 5.41) is 12.0. The van der Waals surface area contributed by atoms with Crippen LogP contribution < -0.4 is 10.1 Å². The number of rotatable bonds is 7. The van der Waals surface area contributed by atoms with Gasteiger partial charge in [-0.1, -0.05) is 12.1 Å². The second kappa shape index (κ2) is 8.53. The van der Waals surface area contributed by atoms with Crippen molar-refractivity contribution < 1.29 is 24.2 Å². The molecule has 6 nitrogen and oxygen atoms in total. The van der Waals surface area contributed by atoms with Crippen molar-refractivity contribution in [2.45, 2.75) is 31.7 Å². The fourth-order valence-electron chi connectivity index (χ4n) is 2.71. The van der Waals surface area contributed by atoms with Crippen molar-refractivity contribution in [1.82, 2.24) is 5.32 Å². The summed E-state index contributed by atoms with van der Waals surface area (Å²) in [4.78, 5) is 23.5. The second-order valence-corrected chi connectivity index (χ2v) is 5.71. The van der Waals surface area contributed by atoms with E-state index in [1.54, 1.807) is 7.11 Å². The highest BCUT2D eigenvalue weighted by atomic mass is 16.5. The second-order valence-electron chi connectivity index (χ2n) is 5.71. The van der Waals surface area contributed by atoms with Crippen molar-refractivity contribution >= 4 is 11.9 Å². The minimum atomic E-state index is -1.00. The van der Waals surface area contributed by atoms with E-state index < -0.39 is 12.0 Å². The summed E-state index contributed by atoms with van der Waals surface area (Å²) in [6.07, 6.45) is 2.40. The Labute approximate surface area is 135 Å². The molecule has 6 heteroatoms. The number of carboxylic acids is 1. The van der Waals surface area contributed by atoms with Gasteiger partial charge in [-0.3, -0.25) is 4.79 Å². The van der Waals surface area contributed by atoms with E-state index in [2.05, 4.69) is 5.32 Å². The van der Waals surface area contributed by atoms with Gasteiger partial charge >= 0.3 is 5.97 Å². The summed E-state index contributed by atoms with van der Waals surface area (Å²) in [7, 11) is 1.60. The lowest BCUT2D eigenvalue weighted by molar-refractivity contribution is -0.145. The lowest BCUT2D eigenvalue weighted by atomic mass is 9.93. The third-order valence-corrected chi connectivity index (χ3v) is 4.05. The molecule has 2 atom stereocenters. The first-order valence-corrected chi connectivity index (χ1v) is 7.83. The van der Waals surface area contributed by atoms with Crippen LogP contribution in [-0.2, 0) is 20.7 Å². The van der Waals surface area contributed by atoms with Gasteiger partial charge in [0.05, 0.1) is 13.7 Å². The van der Waals surface area contributed by atoms with Crippen LogP contribution in [0.25, 0.3) is 0 Å². The van der Waals surface area contributed by atoms with E-state index in [0.717, 1.165) is 24.2 Å². The average Bonchev–Trinajstić information content (AvgIpc) is 2.58. The van der Waals surface area contributed by atoms with E-state index in [0.29, 0.717) is 19.6 Å². The molecule has 1 heterocycles. The number of carbonyl (C=O) groups excluding carboxylic acids is 1. The lowest BCUT2D eigenvalue weighted by Gasteiger charge is -2.28. The van der Waals surface area contributed by atoms with Gasteiger partial charge in [-0.2, -0.15) is 0 Å². The van der Waals surface area contributed by atoms with Crippen molar-refractivity contribution in [2.75, 3.05) is 20.3 Å². The molecule has 0 saturated carbocycles. The molecule has 1 aromatic rings. The molecule has 0 bridgehead atoms. The number of amides is 1. The normalized spacial score (nSPS) is 18.9. The van der Waals surface area contributed by atoms with Crippen LogP contribution in [0.5, 0.6) is 5.75 Å². The van der Waals surface area contributed by atoms with Crippen LogP contribution in [0.4, 0.5) is 0 Å². The maximum absolute atomic E-state index is 12.1. The maximum Gasteiger partial charge on any atom is 0.326 e. The fourth-order valence-corrected chi connectivity index (χ4v) is 2.71. The van der Waals surface area contributed by atoms with Gasteiger partial charge in [-0.25, -0.2) is 4.79 Å². The predicted octanol–water partition coefficient (Wildman–Crippen LogP) is 1.62. The van der Waals surface area contributed by atoms with E-state index in [-0.39, 0.29) is 18.2 Å². The number of benzene rings is 1. The number of carbonyl (C=O) groups is 2. The first-order valence-electron chi connectivity index (χ1n) is 7.83. The Morgan fingerprint density at radius 3 is 2.70 bits per heavy atom. The molecular formula is C17H23NO5. The number of aryl methyl sites for hydroxylation is 1. The first kappa shape index (κ1) is 17.3. The molecular weight excluding hydrogens is 298 g/mol. The maximum atomic E-state index is 12.1. The molecule has 1 aliphatic rings. The van der Waals surface area contributed by atoms with E-state index in [4.69, 9.17) is 9.47 Å². The molecule has 23 heavy (non-hydrogen) atoms. The molecule has 2 unspecified atom stereocenters. The third kappa shape index (κ3) is 5.25. The van der Waals surface area contributed by atoms with Gasteiger partial charge in [0.15, 0.2) is 0 Å². The van der Waals surface area contributed by atoms with Crippen LogP contribution in [0, 0.1) is 5.92 Å². The Kier molecular flexibility index (Phi) is 6.40. The van der Waals surface area contributed by atoms with Gasteiger partial charge in [0.25, 0.3) is 0 Å². The number of nitrogens with one attached hydrogen (secondary N) is 1. The van der Waals surface area contributed by atoms with Gasteiger partial charge in [0.2, 0.25) is 5.91 Å². The molecule has 2 N–H and O–H groups in total. The molecule has 2 rings (SSSR count). The summed E-state index contributed by atoms with van der Waals surface area (Å²) >= 11 is 0. The first-order chi connectivity index (χ1) is 11.1. The highest BCUT2D eigenvalue weighted by molar-refractivity contribution is 5.83. The summed E-state index contributed by atoms with van der Waals surface area (Å²) in [6.45, 7) is 1.05. The number of ether oxygens (including phenoxy) is 2. The molecule has 1 aromatic carbocycles. The lowest BCUT2D eigenvalue weighted by Crippen LogP contribution is -2.48. The molecule has 0 spiro atoms. The molecule has 1 aliphatic heterocycles. The highest BCUT2D eigenvalue weighted by Crippen LogP contribution is 2.18. The predicted molar refractivity (Wildman–Crippen MR) is 84.4 cm³/mol. The van der Waals surface area contributed by atoms with Crippen molar-refractivity contribution in [3.8, 4) is 5.75 Å². The summed E-state index contributed by atoms with van der Waals surface area (Å²) in [6, 6.07) is 6.60. The fraction of sp³-hybridized carbons (Fsp3) is 0.529.